The van der Waals surface area contributed by atoms with Gasteiger partial charge in [-0.2, -0.15) is 0 Å². The number of benzene rings is 2. The van der Waals surface area contributed by atoms with Gasteiger partial charge < -0.3 is 19.9 Å². The van der Waals surface area contributed by atoms with Crippen LogP contribution in [-0.4, -0.2) is 65.8 Å². The van der Waals surface area contributed by atoms with Crippen LogP contribution in [0.25, 0.3) is 16.9 Å². The molecular formula is C27H29FN6O2. The van der Waals surface area contributed by atoms with Crippen molar-refractivity contribution in [3.8, 4) is 11.4 Å². The minimum absolute atomic E-state index is 0.164. The van der Waals surface area contributed by atoms with Gasteiger partial charge in [-0.05, 0) is 67.7 Å². The highest BCUT2D eigenvalue weighted by atomic mass is 19.1. The number of ether oxygens (including phenoxy) is 1. The molecule has 1 amide bonds. The number of nitrogens with one attached hydrogen (secondary N) is 1. The van der Waals surface area contributed by atoms with Gasteiger partial charge in [0.1, 0.15) is 11.3 Å². The van der Waals surface area contributed by atoms with Crippen molar-refractivity contribution >= 4 is 22.9 Å². The molecule has 1 aliphatic rings. The van der Waals surface area contributed by atoms with Crippen LogP contribution in [0.15, 0.2) is 60.8 Å². The number of morpholine rings is 1. The minimum Gasteiger partial charge on any atom is -0.378 e. The summed E-state index contributed by atoms with van der Waals surface area (Å²) in [6.45, 7) is 3.71. The monoisotopic (exact) mass is 488 g/mol. The molecule has 0 atom stereocenters. The predicted octanol–water partition coefficient (Wildman–Crippen LogP) is 3.61. The van der Waals surface area contributed by atoms with Gasteiger partial charge in [0.25, 0.3) is 0 Å². The van der Waals surface area contributed by atoms with E-state index in [9.17, 15) is 9.18 Å². The number of amides is 1. The summed E-state index contributed by atoms with van der Waals surface area (Å²) in [4.78, 5) is 21.7. The number of aromatic nitrogens is 3. The third kappa shape index (κ3) is 5.53. The van der Waals surface area contributed by atoms with Crippen LogP contribution < -0.4 is 10.2 Å². The minimum atomic E-state index is -0.319. The normalized spacial score (nSPS) is 13.9. The van der Waals surface area contributed by atoms with E-state index in [4.69, 9.17) is 14.8 Å². The van der Waals surface area contributed by atoms with Crippen molar-refractivity contribution in [1.29, 1.82) is 0 Å². The van der Waals surface area contributed by atoms with Gasteiger partial charge in [-0.3, -0.25) is 4.79 Å². The fraction of sp³-hybridized carbons (Fsp3) is 0.296. The number of halogens is 1. The van der Waals surface area contributed by atoms with Gasteiger partial charge >= 0.3 is 0 Å². The highest BCUT2D eigenvalue weighted by molar-refractivity contribution is 5.92. The predicted molar refractivity (Wildman–Crippen MR) is 138 cm³/mol. The molecule has 2 aromatic heterocycles. The van der Waals surface area contributed by atoms with E-state index in [-0.39, 0.29) is 18.1 Å². The first-order valence-electron chi connectivity index (χ1n) is 12.0. The molecule has 9 heteroatoms. The molecule has 1 fully saturated rings. The lowest BCUT2D eigenvalue weighted by Crippen LogP contribution is -2.37. The Labute approximate surface area is 209 Å². The third-order valence-electron chi connectivity index (χ3n) is 6.01. The molecule has 1 aliphatic heterocycles. The van der Waals surface area contributed by atoms with Crippen molar-refractivity contribution in [3.63, 3.8) is 0 Å². The largest absolute Gasteiger partial charge is 0.378 e. The Balaban J connectivity index is 1.38. The zero-order chi connectivity index (χ0) is 25.1. The smallest absolute Gasteiger partial charge is 0.228 e. The Morgan fingerprint density at radius 1 is 1.06 bits per heavy atom. The van der Waals surface area contributed by atoms with Crippen LogP contribution in [0.1, 0.15) is 11.1 Å². The summed E-state index contributed by atoms with van der Waals surface area (Å²) < 4.78 is 20.5. The maximum atomic E-state index is 13.1. The van der Waals surface area contributed by atoms with Crippen LogP contribution in [-0.2, 0) is 22.5 Å². The second-order valence-corrected chi connectivity index (χ2v) is 9.20. The number of fused-ring (bicyclic) bond motifs is 1. The molecule has 0 radical (unpaired) electrons. The Hall–Kier alpha value is -3.82. The van der Waals surface area contributed by atoms with Crippen LogP contribution in [0.3, 0.4) is 0 Å². The molecule has 4 aromatic rings. The van der Waals surface area contributed by atoms with Gasteiger partial charge in [0.15, 0.2) is 11.6 Å². The first-order valence-corrected chi connectivity index (χ1v) is 12.0. The summed E-state index contributed by atoms with van der Waals surface area (Å²) in [5.41, 5.74) is 4.42. The Morgan fingerprint density at radius 3 is 2.47 bits per heavy atom. The zero-order valence-electron chi connectivity index (χ0n) is 20.4. The quantitative estimate of drug-likeness (QED) is 0.428. The van der Waals surface area contributed by atoms with E-state index < -0.39 is 0 Å². The van der Waals surface area contributed by atoms with Crippen molar-refractivity contribution in [2.24, 2.45) is 0 Å². The molecule has 1 saturated heterocycles. The van der Waals surface area contributed by atoms with Crippen LogP contribution in [0, 0.1) is 5.82 Å². The standard InChI is InChI=1S/C27H29FN6O2/c1-32(2)17-20-15-24-27(33-11-13-36-14-12-33)30-26(31-34(24)18-20)21-5-9-23(10-6-21)29-25(35)16-19-3-7-22(28)8-4-19/h3-10,15,18H,11-14,16-17H2,1-2H3,(H,29,35). The average Bonchev–Trinajstić information content (AvgIpc) is 3.27. The van der Waals surface area contributed by atoms with Gasteiger partial charge in [0, 0.05) is 37.1 Å². The van der Waals surface area contributed by atoms with Crippen LogP contribution in [0.2, 0.25) is 0 Å². The maximum absolute atomic E-state index is 13.1. The molecule has 2 aromatic carbocycles. The topological polar surface area (TPSA) is 75.0 Å². The van der Waals surface area contributed by atoms with Gasteiger partial charge in [-0.1, -0.05) is 12.1 Å². The number of hydrogen-bond acceptors (Lipinski definition) is 6. The summed E-state index contributed by atoms with van der Waals surface area (Å²) in [6, 6.07) is 15.6. The molecule has 36 heavy (non-hydrogen) atoms. The van der Waals surface area contributed by atoms with Crippen molar-refractivity contribution in [2.45, 2.75) is 13.0 Å². The lowest BCUT2D eigenvalue weighted by atomic mass is 10.1. The van der Waals surface area contributed by atoms with E-state index in [1.165, 1.54) is 17.7 Å². The lowest BCUT2D eigenvalue weighted by Gasteiger charge is -2.28. The molecule has 0 aliphatic carbocycles. The first kappa shape index (κ1) is 23.9. The zero-order valence-corrected chi connectivity index (χ0v) is 20.4. The molecule has 1 N–H and O–H groups in total. The molecule has 3 heterocycles. The van der Waals surface area contributed by atoms with Crippen LogP contribution in [0.5, 0.6) is 0 Å². The molecule has 186 valence electrons. The van der Waals surface area contributed by atoms with E-state index in [0.717, 1.165) is 42.1 Å². The van der Waals surface area contributed by atoms with Gasteiger partial charge in [0.05, 0.1) is 19.6 Å². The van der Waals surface area contributed by atoms with E-state index in [1.807, 2.05) is 42.9 Å². The van der Waals surface area contributed by atoms with Crippen molar-refractivity contribution in [3.05, 3.63) is 77.7 Å². The van der Waals surface area contributed by atoms with E-state index in [2.05, 4.69) is 27.4 Å². The highest BCUT2D eigenvalue weighted by Gasteiger charge is 2.19. The average molecular weight is 489 g/mol. The molecule has 0 spiro atoms. The molecule has 5 rings (SSSR count). The summed E-state index contributed by atoms with van der Waals surface area (Å²) >= 11 is 0. The summed E-state index contributed by atoms with van der Waals surface area (Å²) in [5.74, 6) is 1.02. The van der Waals surface area contributed by atoms with E-state index >= 15 is 0 Å². The Kier molecular flexibility index (Phi) is 6.92. The van der Waals surface area contributed by atoms with Crippen LogP contribution in [0.4, 0.5) is 15.9 Å². The summed E-state index contributed by atoms with van der Waals surface area (Å²) in [5, 5.41) is 7.69. The van der Waals surface area contributed by atoms with Crippen molar-refractivity contribution < 1.29 is 13.9 Å². The molecular weight excluding hydrogens is 459 g/mol. The first-order chi connectivity index (χ1) is 17.4. The number of nitrogens with zero attached hydrogens (tertiary/aromatic N) is 5. The number of carbonyl (C=O) groups excluding carboxylic acids is 1. The number of hydrogen-bond donors (Lipinski definition) is 1. The van der Waals surface area contributed by atoms with E-state index in [1.54, 1.807) is 12.1 Å². The lowest BCUT2D eigenvalue weighted by molar-refractivity contribution is -0.115. The van der Waals surface area contributed by atoms with Gasteiger partial charge in [-0.15, -0.1) is 5.10 Å². The fourth-order valence-electron chi connectivity index (χ4n) is 4.31. The third-order valence-corrected chi connectivity index (χ3v) is 6.01. The Bertz CT molecular complexity index is 1350. The maximum Gasteiger partial charge on any atom is 0.228 e. The van der Waals surface area contributed by atoms with Crippen molar-refractivity contribution in [2.75, 3.05) is 50.6 Å². The molecule has 8 nitrogen and oxygen atoms in total. The fourth-order valence-corrected chi connectivity index (χ4v) is 4.31. The Morgan fingerprint density at radius 2 is 1.78 bits per heavy atom. The van der Waals surface area contributed by atoms with Crippen LogP contribution >= 0.6 is 0 Å². The summed E-state index contributed by atoms with van der Waals surface area (Å²) in [6.07, 6.45) is 2.22. The number of anilines is 2. The number of carbonyl (C=O) groups is 1. The number of rotatable bonds is 7. The van der Waals surface area contributed by atoms with E-state index in [0.29, 0.717) is 24.7 Å². The van der Waals surface area contributed by atoms with Gasteiger partial charge in [-0.25, -0.2) is 13.9 Å². The highest BCUT2D eigenvalue weighted by Crippen LogP contribution is 2.27. The van der Waals surface area contributed by atoms with Crippen molar-refractivity contribution in [1.82, 2.24) is 19.5 Å². The SMILES string of the molecule is CN(C)Cc1cc2c(N3CCOCC3)nc(-c3ccc(NC(=O)Cc4ccc(F)cc4)cc3)nn2c1. The van der Waals surface area contributed by atoms with Gasteiger partial charge in [0.2, 0.25) is 5.91 Å². The summed E-state index contributed by atoms with van der Waals surface area (Å²) in [7, 11) is 4.09. The molecule has 0 bridgehead atoms. The molecule has 0 saturated carbocycles. The second-order valence-electron chi connectivity index (χ2n) is 9.20. The second kappa shape index (κ2) is 10.4. The molecule has 0 unspecified atom stereocenters.